The van der Waals surface area contributed by atoms with Crippen LogP contribution in [0.2, 0.25) is 0 Å². The van der Waals surface area contributed by atoms with Gasteiger partial charge in [-0.2, -0.15) is 0 Å². The van der Waals surface area contributed by atoms with E-state index < -0.39 is 0 Å². The van der Waals surface area contributed by atoms with E-state index in [4.69, 9.17) is 0 Å². The minimum atomic E-state index is 0.0283. The molecule has 5 nitrogen and oxygen atoms in total. The number of carbonyl (C=O) groups excluding carboxylic acids is 1. The lowest BCUT2D eigenvalue weighted by Gasteiger charge is -2.14. The predicted octanol–water partition coefficient (Wildman–Crippen LogP) is 3.69. The zero-order chi connectivity index (χ0) is 17.5. The van der Waals surface area contributed by atoms with Gasteiger partial charge in [0.05, 0.1) is 9.98 Å². The average molecular weight is 423 g/mol. The summed E-state index contributed by atoms with van der Waals surface area (Å²) in [5.41, 5.74) is 1.72. The number of anilines is 1. The van der Waals surface area contributed by atoms with Crippen LogP contribution in [0.3, 0.4) is 0 Å². The summed E-state index contributed by atoms with van der Waals surface area (Å²) in [7, 11) is 0. The van der Waals surface area contributed by atoms with Crippen LogP contribution in [0.15, 0.2) is 45.6 Å². The minimum absolute atomic E-state index is 0.0283. The van der Waals surface area contributed by atoms with Crippen molar-refractivity contribution in [3.63, 3.8) is 0 Å². The molecule has 1 saturated heterocycles. The lowest BCUT2D eigenvalue weighted by molar-refractivity contribution is -0.117. The lowest BCUT2D eigenvalue weighted by Crippen LogP contribution is -2.29. The highest BCUT2D eigenvalue weighted by atomic mass is 79.9. The maximum absolute atomic E-state index is 12.3. The number of aromatic nitrogens is 1. The molecule has 0 atom stereocenters. The van der Waals surface area contributed by atoms with Gasteiger partial charge in [-0.3, -0.25) is 4.79 Å². The second kappa shape index (κ2) is 9.31. The summed E-state index contributed by atoms with van der Waals surface area (Å²) in [5, 5.41) is 7.12. The topological polar surface area (TPSA) is 57.3 Å². The van der Waals surface area contributed by atoms with Gasteiger partial charge in [0.25, 0.3) is 0 Å². The maximum atomic E-state index is 12.3. The molecule has 1 aliphatic carbocycles. The van der Waals surface area contributed by atoms with Crippen molar-refractivity contribution in [3.05, 3.63) is 45.6 Å². The number of rotatable bonds is 7. The Bertz CT molecular complexity index is 689. The van der Waals surface area contributed by atoms with Crippen molar-refractivity contribution in [2.24, 2.45) is 0 Å². The summed E-state index contributed by atoms with van der Waals surface area (Å²) in [6, 6.07) is 0. The molecule has 1 aromatic heterocycles. The Kier molecular flexibility index (Phi) is 6.84. The van der Waals surface area contributed by atoms with Crippen LogP contribution < -0.4 is 10.6 Å². The van der Waals surface area contributed by atoms with E-state index in [-0.39, 0.29) is 5.91 Å². The van der Waals surface area contributed by atoms with Gasteiger partial charge >= 0.3 is 0 Å². The van der Waals surface area contributed by atoms with Gasteiger partial charge in [-0.15, -0.1) is 0 Å². The average Bonchev–Trinajstić information content (AvgIpc) is 3.19. The van der Waals surface area contributed by atoms with E-state index in [1.165, 1.54) is 37.3 Å². The fourth-order valence-corrected chi connectivity index (χ4v) is 4.07. The minimum Gasteiger partial charge on any atom is -0.352 e. The van der Waals surface area contributed by atoms with Crippen molar-refractivity contribution in [1.82, 2.24) is 15.2 Å². The van der Waals surface area contributed by atoms with Crippen molar-refractivity contribution in [2.45, 2.75) is 25.7 Å². The first-order chi connectivity index (χ1) is 12.2. The fraction of sp³-hybridized carbons (Fsp3) is 0.444. The van der Waals surface area contributed by atoms with E-state index in [1.807, 2.05) is 24.3 Å². The highest BCUT2D eigenvalue weighted by molar-refractivity contribution is 9.11. The number of likely N-dealkylation sites (tertiary alicyclic amines) is 1. The van der Waals surface area contributed by atoms with Gasteiger partial charge < -0.3 is 15.5 Å². The smallest absolute Gasteiger partial charge is 0.247 e. The van der Waals surface area contributed by atoms with Crippen LogP contribution in [0, 0.1) is 0 Å². The number of nitrogens with zero attached hydrogens (tertiary/aromatic N) is 2. The number of nitrogens with one attached hydrogen (secondary N) is 2. The molecule has 0 saturated carbocycles. The third kappa shape index (κ3) is 5.80. The molecule has 1 aromatic rings. The molecule has 1 amide bonds. The van der Waals surface area contributed by atoms with Crippen LogP contribution in [-0.4, -0.2) is 42.0 Å². The van der Waals surface area contributed by atoms with Crippen molar-refractivity contribution < 1.29 is 4.79 Å². The van der Waals surface area contributed by atoms with Crippen LogP contribution in [0.4, 0.5) is 5.13 Å². The zero-order valence-corrected chi connectivity index (χ0v) is 16.5. The molecule has 0 aromatic carbocycles. The Balaban J connectivity index is 1.46. The van der Waals surface area contributed by atoms with Gasteiger partial charge in [0, 0.05) is 17.8 Å². The van der Waals surface area contributed by atoms with E-state index in [9.17, 15) is 4.79 Å². The Hall–Kier alpha value is -1.44. The summed E-state index contributed by atoms with van der Waals surface area (Å²) in [6.07, 6.45) is 13.9. The van der Waals surface area contributed by atoms with Crippen molar-refractivity contribution in [3.8, 4) is 0 Å². The predicted molar refractivity (Wildman–Crippen MR) is 107 cm³/mol. The molecular formula is C18H23BrN4OS. The Morgan fingerprint density at radius 3 is 2.92 bits per heavy atom. The van der Waals surface area contributed by atoms with E-state index in [2.05, 4.69) is 36.4 Å². The van der Waals surface area contributed by atoms with Gasteiger partial charge in [0.2, 0.25) is 5.91 Å². The molecule has 25 heavy (non-hydrogen) atoms. The monoisotopic (exact) mass is 422 g/mol. The standard InChI is InChI=1S/C18H23BrN4OS/c19-16-13-21-18(25-16)22-15-6-3-5-14(7-8-15)17(24)20-9-4-12-23-10-1-2-11-23/h3,6-8,13H,1-2,4-5,9-12H2,(H,20,24)(H,21,22). The molecule has 2 aliphatic rings. The molecule has 3 rings (SSSR count). The third-order valence-corrected chi connectivity index (χ3v) is 5.65. The summed E-state index contributed by atoms with van der Waals surface area (Å²) in [4.78, 5) is 19.1. The van der Waals surface area contributed by atoms with Crippen LogP contribution in [-0.2, 0) is 4.79 Å². The van der Waals surface area contributed by atoms with Crippen LogP contribution in [0.1, 0.15) is 25.7 Å². The molecule has 0 radical (unpaired) electrons. The maximum Gasteiger partial charge on any atom is 0.247 e. The van der Waals surface area contributed by atoms with Gasteiger partial charge in [-0.1, -0.05) is 23.5 Å². The summed E-state index contributed by atoms with van der Waals surface area (Å²) >= 11 is 4.94. The van der Waals surface area contributed by atoms with Crippen LogP contribution in [0.5, 0.6) is 0 Å². The van der Waals surface area contributed by atoms with Crippen molar-refractivity contribution >= 4 is 38.3 Å². The molecule has 0 unspecified atom stereocenters. The highest BCUT2D eigenvalue weighted by Crippen LogP contribution is 2.25. The summed E-state index contributed by atoms with van der Waals surface area (Å²) < 4.78 is 0.984. The van der Waals surface area contributed by atoms with E-state index in [1.54, 1.807) is 6.20 Å². The Morgan fingerprint density at radius 2 is 2.16 bits per heavy atom. The SMILES string of the molecule is O=C(NCCCN1CCCC1)C1=CC=C(Nc2ncc(Br)s2)C=CC1. The Morgan fingerprint density at radius 1 is 1.32 bits per heavy atom. The second-order valence-corrected chi connectivity index (χ2v) is 8.58. The largest absolute Gasteiger partial charge is 0.352 e. The number of hydrogen-bond acceptors (Lipinski definition) is 5. The molecule has 0 spiro atoms. The van der Waals surface area contributed by atoms with E-state index in [0.29, 0.717) is 6.42 Å². The normalized spacial score (nSPS) is 17.8. The van der Waals surface area contributed by atoms with Crippen LogP contribution >= 0.6 is 27.3 Å². The molecule has 2 N–H and O–H groups in total. The summed E-state index contributed by atoms with van der Waals surface area (Å²) in [6.45, 7) is 4.23. The van der Waals surface area contributed by atoms with E-state index in [0.717, 1.165) is 39.7 Å². The lowest BCUT2D eigenvalue weighted by atomic mass is 10.1. The number of amides is 1. The molecule has 1 aliphatic heterocycles. The number of allylic oxidation sites excluding steroid dienone is 4. The first kappa shape index (κ1) is 18.4. The zero-order valence-electron chi connectivity index (χ0n) is 14.1. The third-order valence-electron chi connectivity index (χ3n) is 4.26. The molecule has 2 heterocycles. The van der Waals surface area contributed by atoms with Gasteiger partial charge in [0.1, 0.15) is 0 Å². The Labute approximate surface area is 161 Å². The van der Waals surface area contributed by atoms with Gasteiger partial charge in [-0.05, 0) is 73.4 Å². The fourth-order valence-electron chi connectivity index (χ4n) is 2.94. The molecular weight excluding hydrogens is 400 g/mol. The van der Waals surface area contributed by atoms with Crippen LogP contribution in [0.25, 0.3) is 0 Å². The summed E-state index contributed by atoms with van der Waals surface area (Å²) in [5.74, 6) is 0.0283. The number of hydrogen-bond donors (Lipinski definition) is 2. The highest BCUT2D eigenvalue weighted by Gasteiger charge is 2.12. The first-order valence-corrected chi connectivity index (χ1v) is 10.3. The van der Waals surface area contributed by atoms with Crippen molar-refractivity contribution in [2.75, 3.05) is 31.5 Å². The van der Waals surface area contributed by atoms with Crippen molar-refractivity contribution in [1.29, 1.82) is 0 Å². The van der Waals surface area contributed by atoms with Gasteiger partial charge in [-0.25, -0.2) is 4.98 Å². The number of carbonyl (C=O) groups is 1. The quantitative estimate of drug-likeness (QED) is 0.657. The first-order valence-electron chi connectivity index (χ1n) is 8.67. The molecule has 7 heteroatoms. The number of thiazole rings is 1. The molecule has 1 fully saturated rings. The second-order valence-electron chi connectivity index (χ2n) is 6.17. The number of halogens is 1. The molecule has 134 valence electrons. The molecule has 0 bridgehead atoms. The van der Waals surface area contributed by atoms with E-state index >= 15 is 0 Å². The van der Waals surface area contributed by atoms with Gasteiger partial charge in [0.15, 0.2) is 5.13 Å².